The Bertz CT molecular complexity index is 814. The van der Waals surface area contributed by atoms with Crippen LogP contribution in [0.4, 0.5) is 0 Å². The van der Waals surface area contributed by atoms with E-state index < -0.39 is 34.7 Å². The maximum absolute atomic E-state index is 13.4. The molecular formula is C22H31ClN2O5. The molecule has 0 aromatic heterocycles. The lowest BCUT2D eigenvalue weighted by Crippen LogP contribution is -2.60. The summed E-state index contributed by atoms with van der Waals surface area (Å²) in [5, 5.41) is 0.454. The van der Waals surface area contributed by atoms with Gasteiger partial charge in [0.2, 0.25) is 0 Å². The monoisotopic (exact) mass is 438 g/mol. The van der Waals surface area contributed by atoms with Crippen molar-refractivity contribution in [3.8, 4) is 0 Å². The van der Waals surface area contributed by atoms with Crippen molar-refractivity contribution in [3.05, 3.63) is 34.9 Å². The van der Waals surface area contributed by atoms with Crippen LogP contribution in [0.2, 0.25) is 5.02 Å². The molecule has 1 aliphatic heterocycles. The van der Waals surface area contributed by atoms with Gasteiger partial charge in [0.25, 0.3) is 0 Å². The normalized spacial score (nSPS) is 28.6. The smallest absolute Gasteiger partial charge is 0.317 e. The van der Waals surface area contributed by atoms with E-state index in [1.54, 1.807) is 26.0 Å². The predicted octanol–water partition coefficient (Wildman–Crippen LogP) is 2.99. The highest BCUT2D eigenvalue weighted by molar-refractivity contribution is 6.31. The van der Waals surface area contributed by atoms with Gasteiger partial charge >= 0.3 is 11.9 Å². The first-order valence-corrected chi connectivity index (χ1v) is 10.4. The van der Waals surface area contributed by atoms with Gasteiger partial charge in [-0.3, -0.25) is 14.6 Å². The molecule has 0 spiro atoms. The molecule has 7 nitrogen and oxygen atoms in total. The summed E-state index contributed by atoms with van der Waals surface area (Å²) in [5.74, 6) is -1.63. The Hall–Kier alpha value is -1.96. The number of methoxy groups -OCH3 is 2. The van der Waals surface area contributed by atoms with Crippen molar-refractivity contribution in [1.29, 1.82) is 0 Å². The van der Waals surface area contributed by atoms with E-state index in [2.05, 4.69) is 0 Å². The van der Waals surface area contributed by atoms with E-state index in [-0.39, 0.29) is 6.61 Å². The van der Waals surface area contributed by atoms with E-state index in [4.69, 9.17) is 36.5 Å². The third-order valence-corrected chi connectivity index (χ3v) is 6.65. The van der Waals surface area contributed by atoms with Gasteiger partial charge in [0.1, 0.15) is 10.8 Å². The van der Waals surface area contributed by atoms with Gasteiger partial charge in [-0.1, -0.05) is 36.7 Å². The molecule has 0 aliphatic carbocycles. The van der Waals surface area contributed by atoms with Gasteiger partial charge in [-0.05, 0) is 31.9 Å². The van der Waals surface area contributed by atoms with Crippen molar-refractivity contribution < 1.29 is 23.8 Å². The number of carbonyl (C=O) groups is 2. The Morgan fingerprint density at radius 1 is 1.20 bits per heavy atom. The number of rotatable bonds is 8. The van der Waals surface area contributed by atoms with Crippen LogP contribution in [0.1, 0.15) is 38.7 Å². The number of esters is 2. The van der Waals surface area contributed by atoms with E-state index in [0.717, 1.165) is 0 Å². The molecule has 4 atom stereocenters. The number of nitrogens with zero attached hydrogens (tertiary/aromatic N) is 1. The van der Waals surface area contributed by atoms with Crippen LogP contribution in [0.15, 0.2) is 29.3 Å². The number of aliphatic imine (C=N–C) groups is 1. The standard InChI is InChI=1S/C22H31ClN2O5/c1-6-22(20(27)29-5)17(13-30-12-11-24)25-14(2)21(3,19(26)28-4)18(22)15-9-7-8-10-16(15)23/h7-10,17-18H,6,11-13,24H2,1-5H3. The lowest BCUT2D eigenvalue weighted by atomic mass is 9.52. The van der Waals surface area contributed by atoms with Crippen LogP contribution in [-0.4, -0.2) is 57.7 Å². The summed E-state index contributed by atoms with van der Waals surface area (Å²) in [6.07, 6.45) is 0.357. The highest BCUT2D eigenvalue weighted by atomic mass is 35.5. The topological polar surface area (TPSA) is 100 Å². The quantitative estimate of drug-likeness (QED) is 0.494. The summed E-state index contributed by atoms with van der Waals surface area (Å²) >= 11 is 6.60. The van der Waals surface area contributed by atoms with E-state index in [0.29, 0.717) is 35.9 Å². The third kappa shape index (κ3) is 3.86. The Labute approximate surface area is 182 Å². The molecule has 0 saturated carbocycles. The largest absolute Gasteiger partial charge is 0.469 e. The molecule has 2 rings (SSSR count). The van der Waals surface area contributed by atoms with Crippen LogP contribution in [0.3, 0.4) is 0 Å². The Balaban J connectivity index is 2.87. The fourth-order valence-electron chi connectivity index (χ4n) is 4.67. The second-order valence-corrected chi connectivity index (χ2v) is 8.04. The second-order valence-electron chi connectivity index (χ2n) is 7.63. The number of hydrogen-bond acceptors (Lipinski definition) is 7. The van der Waals surface area contributed by atoms with Crippen LogP contribution in [-0.2, 0) is 23.8 Å². The van der Waals surface area contributed by atoms with Gasteiger partial charge in [0.05, 0.1) is 33.5 Å². The number of ether oxygens (including phenoxy) is 3. The molecule has 1 aliphatic rings. The predicted molar refractivity (Wildman–Crippen MR) is 116 cm³/mol. The minimum Gasteiger partial charge on any atom is -0.469 e. The van der Waals surface area contributed by atoms with Gasteiger partial charge in [-0.2, -0.15) is 0 Å². The molecule has 1 aromatic carbocycles. The number of halogens is 1. The lowest BCUT2D eigenvalue weighted by molar-refractivity contribution is -0.165. The van der Waals surface area contributed by atoms with E-state index in [1.165, 1.54) is 14.2 Å². The van der Waals surface area contributed by atoms with Crippen molar-refractivity contribution in [2.45, 2.75) is 39.2 Å². The van der Waals surface area contributed by atoms with Crippen LogP contribution in [0, 0.1) is 10.8 Å². The molecule has 166 valence electrons. The van der Waals surface area contributed by atoms with Crippen LogP contribution in [0.25, 0.3) is 0 Å². The first-order chi connectivity index (χ1) is 14.2. The summed E-state index contributed by atoms with van der Waals surface area (Å²) in [5.41, 5.74) is 4.35. The van der Waals surface area contributed by atoms with Crippen LogP contribution in [0.5, 0.6) is 0 Å². The van der Waals surface area contributed by atoms with E-state index >= 15 is 0 Å². The Kier molecular flexibility index (Phi) is 8.02. The molecule has 1 aromatic rings. The summed E-state index contributed by atoms with van der Waals surface area (Å²) in [6, 6.07) is 6.63. The van der Waals surface area contributed by atoms with Crippen molar-refractivity contribution >= 4 is 29.3 Å². The number of hydrogen-bond donors (Lipinski definition) is 1. The molecule has 0 fully saturated rings. The molecule has 1 heterocycles. The van der Waals surface area contributed by atoms with Gasteiger partial charge in [0.15, 0.2) is 0 Å². The summed E-state index contributed by atoms with van der Waals surface area (Å²) in [6.45, 7) is 6.24. The molecule has 2 N–H and O–H groups in total. The van der Waals surface area contributed by atoms with Crippen molar-refractivity contribution in [2.24, 2.45) is 21.6 Å². The first kappa shape index (κ1) is 24.3. The highest BCUT2D eigenvalue weighted by Gasteiger charge is 2.64. The van der Waals surface area contributed by atoms with E-state index in [1.807, 2.05) is 19.1 Å². The first-order valence-electron chi connectivity index (χ1n) is 9.99. The maximum atomic E-state index is 13.4. The highest BCUT2D eigenvalue weighted by Crippen LogP contribution is 2.58. The second kappa shape index (κ2) is 9.90. The SMILES string of the molecule is CCC1(C(=O)OC)C(COCCN)N=C(C)C(C)(C(=O)OC)C1c1ccccc1Cl. The molecule has 8 heteroatoms. The maximum Gasteiger partial charge on any atom is 0.317 e. The van der Waals surface area contributed by atoms with Gasteiger partial charge in [-0.25, -0.2) is 0 Å². The number of benzene rings is 1. The molecule has 0 bridgehead atoms. The zero-order valence-corrected chi connectivity index (χ0v) is 19.0. The molecule has 0 radical (unpaired) electrons. The van der Waals surface area contributed by atoms with Crippen molar-refractivity contribution in [3.63, 3.8) is 0 Å². The average Bonchev–Trinajstić information content (AvgIpc) is 2.75. The molecular weight excluding hydrogens is 408 g/mol. The van der Waals surface area contributed by atoms with Crippen molar-refractivity contribution in [2.75, 3.05) is 34.0 Å². The summed E-state index contributed by atoms with van der Waals surface area (Å²) in [4.78, 5) is 31.3. The zero-order chi connectivity index (χ0) is 22.5. The minimum atomic E-state index is -1.23. The fourth-order valence-corrected chi connectivity index (χ4v) is 4.91. The number of nitrogens with two attached hydrogens (primary N) is 1. The Morgan fingerprint density at radius 3 is 2.37 bits per heavy atom. The van der Waals surface area contributed by atoms with Crippen LogP contribution < -0.4 is 5.73 Å². The fraction of sp³-hybridized carbons (Fsp3) is 0.591. The van der Waals surface area contributed by atoms with Gasteiger partial charge in [0, 0.05) is 23.2 Å². The number of carbonyl (C=O) groups excluding carboxylic acids is 2. The Morgan fingerprint density at radius 2 is 1.83 bits per heavy atom. The van der Waals surface area contributed by atoms with Gasteiger partial charge in [-0.15, -0.1) is 0 Å². The minimum absolute atomic E-state index is 0.162. The van der Waals surface area contributed by atoms with Crippen LogP contribution >= 0.6 is 11.6 Å². The molecule has 30 heavy (non-hydrogen) atoms. The third-order valence-electron chi connectivity index (χ3n) is 6.30. The average molecular weight is 439 g/mol. The molecule has 0 saturated heterocycles. The molecule has 4 unspecified atom stereocenters. The zero-order valence-electron chi connectivity index (χ0n) is 18.2. The summed E-state index contributed by atoms with van der Waals surface area (Å²) < 4.78 is 16.2. The van der Waals surface area contributed by atoms with Gasteiger partial charge < -0.3 is 19.9 Å². The van der Waals surface area contributed by atoms with E-state index in [9.17, 15) is 9.59 Å². The lowest BCUT2D eigenvalue weighted by Gasteiger charge is -2.52. The van der Waals surface area contributed by atoms with Crippen molar-refractivity contribution in [1.82, 2.24) is 0 Å². The summed E-state index contributed by atoms with van der Waals surface area (Å²) in [7, 11) is 2.66. The molecule has 0 amide bonds.